The first kappa shape index (κ1) is 43.7. The molecule has 0 heterocycles. The van der Waals surface area contributed by atoms with Crippen LogP contribution in [0.25, 0.3) is 10.8 Å². The Labute approximate surface area is 322 Å². The SMILES string of the molecule is Nc1c(N=Nc2ccc(SOC(=O)CSOOO)cc2)c(SOOO)cc2cc(S(=O)(=O)O)c(N=Nc3ccc(S(=O)(=O)CCOS(=O)(=O)O)cc3)c(O)c12. The molecule has 0 fully saturated rings. The molecule has 0 radical (unpaired) electrons. The van der Waals surface area contributed by atoms with Crippen LogP contribution in [0.4, 0.5) is 28.4 Å². The number of anilines is 1. The molecule has 4 aromatic rings. The third-order valence-corrected chi connectivity index (χ3v) is 11.3. The summed E-state index contributed by atoms with van der Waals surface area (Å²) in [6.45, 7) is -0.870. The average molecular weight is 886 g/mol. The second-order valence-corrected chi connectivity index (χ2v) is 16.7. The molecule has 7 N–H and O–H groups in total. The zero-order chi connectivity index (χ0) is 40.4. The molecule has 0 bridgehead atoms. The molecular formula is C26H23N5O18S6. The normalized spacial score (nSPS) is 12.6. The number of azo groups is 2. The number of fused-ring (bicyclic) bond motifs is 1. The first-order chi connectivity index (χ1) is 25.9. The van der Waals surface area contributed by atoms with Crippen LogP contribution < -0.4 is 5.73 Å². The number of rotatable bonds is 19. The fourth-order valence-electron chi connectivity index (χ4n) is 4.11. The van der Waals surface area contributed by atoms with Crippen LogP contribution in [0.1, 0.15) is 0 Å². The largest absolute Gasteiger partial charge is 0.505 e. The van der Waals surface area contributed by atoms with Crippen molar-refractivity contribution in [3.05, 3.63) is 60.7 Å². The molecule has 0 amide bonds. The van der Waals surface area contributed by atoms with Gasteiger partial charge in [0.25, 0.3) is 10.1 Å². The molecule has 0 aliphatic heterocycles. The van der Waals surface area contributed by atoms with Gasteiger partial charge in [0.15, 0.2) is 15.6 Å². The van der Waals surface area contributed by atoms with Crippen LogP contribution in [-0.2, 0) is 62.3 Å². The van der Waals surface area contributed by atoms with E-state index in [2.05, 4.69) is 43.4 Å². The lowest BCUT2D eigenvalue weighted by Gasteiger charge is -2.14. The molecule has 23 nitrogen and oxygen atoms in total. The van der Waals surface area contributed by atoms with Crippen molar-refractivity contribution in [3.63, 3.8) is 0 Å². The maximum atomic E-state index is 12.5. The quantitative estimate of drug-likeness (QED) is 0.0122. The summed E-state index contributed by atoms with van der Waals surface area (Å²) < 4.78 is 107. The molecule has 29 heteroatoms. The van der Waals surface area contributed by atoms with Gasteiger partial charge in [0, 0.05) is 16.9 Å². The summed E-state index contributed by atoms with van der Waals surface area (Å²) in [7, 11) is -14.1. The van der Waals surface area contributed by atoms with Gasteiger partial charge in [-0.15, -0.1) is 18.9 Å². The van der Waals surface area contributed by atoms with Gasteiger partial charge in [-0.1, -0.05) is 10.1 Å². The number of benzene rings is 4. The second-order valence-electron chi connectivity index (χ2n) is 9.91. The fraction of sp³-hybridized carbons (Fsp3) is 0.115. The van der Waals surface area contributed by atoms with E-state index in [0.717, 1.165) is 30.3 Å². The lowest BCUT2D eigenvalue weighted by molar-refractivity contribution is -0.432. The van der Waals surface area contributed by atoms with Crippen molar-refractivity contribution >= 4 is 112 Å². The van der Waals surface area contributed by atoms with E-state index < -0.39 is 65.0 Å². The maximum absolute atomic E-state index is 12.5. The van der Waals surface area contributed by atoms with Crippen molar-refractivity contribution < 1.29 is 81.9 Å². The molecule has 0 aliphatic rings. The van der Waals surface area contributed by atoms with E-state index in [9.17, 15) is 39.7 Å². The Kier molecular flexibility index (Phi) is 15.2. The second kappa shape index (κ2) is 19.2. The van der Waals surface area contributed by atoms with E-state index >= 15 is 0 Å². The molecule has 0 unspecified atom stereocenters. The Morgan fingerprint density at radius 1 is 0.782 bits per heavy atom. The standard InChI is InChI=1S/C26H23N5O18S6/c27-23-22-14(11-19(52-49-47-35)24(23)30-28-15-1-5-17(6-2-15)51-45-21(32)13-50-48-46-34)12-20(54(38,39)40)25(26(22)33)31-29-16-3-7-18(8-4-16)53(36,37)10-9-44-55(41,42)43/h1-8,11-12,33-35H,9-10,13,27H2,(H,38,39,40)(H,41,42,43). The van der Waals surface area contributed by atoms with Gasteiger partial charge in [-0.2, -0.15) is 27.1 Å². The molecule has 4 rings (SSSR count). The highest BCUT2D eigenvalue weighted by Crippen LogP contribution is 2.49. The number of sulfone groups is 1. The molecule has 0 saturated carbocycles. The maximum Gasteiger partial charge on any atom is 0.397 e. The fourth-order valence-corrected chi connectivity index (χ4v) is 7.58. The summed E-state index contributed by atoms with van der Waals surface area (Å²) in [5.74, 6) is -2.71. The van der Waals surface area contributed by atoms with Crippen LogP contribution in [-0.4, -0.2) is 74.1 Å². The zero-order valence-electron chi connectivity index (χ0n) is 26.8. The minimum Gasteiger partial charge on any atom is -0.505 e. The third-order valence-electron chi connectivity index (χ3n) is 6.38. The van der Waals surface area contributed by atoms with Crippen molar-refractivity contribution in [3.8, 4) is 5.75 Å². The van der Waals surface area contributed by atoms with Crippen molar-refractivity contribution in [1.82, 2.24) is 0 Å². The van der Waals surface area contributed by atoms with Crippen LogP contribution in [0.5, 0.6) is 5.75 Å². The van der Waals surface area contributed by atoms with Crippen molar-refractivity contribution in [2.45, 2.75) is 19.6 Å². The highest BCUT2D eigenvalue weighted by molar-refractivity contribution is 7.96. The van der Waals surface area contributed by atoms with Gasteiger partial charge in [0.05, 0.1) is 68.7 Å². The van der Waals surface area contributed by atoms with Crippen molar-refractivity contribution in [2.75, 3.05) is 23.8 Å². The van der Waals surface area contributed by atoms with Gasteiger partial charge in [-0.05, 0) is 66.0 Å². The number of nitrogens with two attached hydrogens (primary N) is 1. The number of nitrogen functional groups attached to an aromatic ring is 1. The van der Waals surface area contributed by atoms with Crippen LogP contribution in [0.2, 0.25) is 0 Å². The number of hydrogen-bond acceptors (Lipinski definition) is 24. The number of phenolic OH excluding ortho intramolecular Hbond substituents is 1. The van der Waals surface area contributed by atoms with E-state index in [1.165, 1.54) is 30.3 Å². The molecule has 0 aliphatic carbocycles. The first-order valence-corrected chi connectivity index (χ1v) is 20.9. The minimum absolute atomic E-state index is 0.0370. The summed E-state index contributed by atoms with van der Waals surface area (Å²) in [5.41, 5.74) is 5.22. The van der Waals surface area contributed by atoms with Crippen LogP contribution >= 0.6 is 36.1 Å². The van der Waals surface area contributed by atoms with Gasteiger partial charge in [0.1, 0.15) is 22.0 Å². The lowest BCUT2D eigenvalue weighted by atomic mass is 10.1. The van der Waals surface area contributed by atoms with Gasteiger partial charge < -0.3 is 15.0 Å². The summed E-state index contributed by atoms with van der Waals surface area (Å²) in [6, 6.07) is 12.5. The number of nitrogens with zero attached hydrogens (tertiary/aromatic N) is 4. The van der Waals surface area contributed by atoms with Crippen molar-refractivity contribution in [1.29, 1.82) is 0 Å². The number of carbonyl (C=O) groups excluding carboxylic acids is 1. The first-order valence-electron chi connectivity index (χ1n) is 14.0. The Hall–Kier alpha value is -4.05. The van der Waals surface area contributed by atoms with Crippen molar-refractivity contribution in [2.24, 2.45) is 20.5 Å². The molecule has 0 saturated heterocycles. The van der Waals surface area contributed by atoms with E-state index in [1.54, 1.807) is 0 Å². The minimum atomic E-state index is -5.12. The van der Waals surface area contributed by atoms with E-state index in [1.807, 2.05) is 0 Å². The summed E-state index contributed by atoms with van der Waals surface area (Å²) in [6.07, 6.45) is 0. The van der Waals surface area contributed by atoms with E-state index in [4.69, 9.17) is 25.0 Å². The molecular weight excluding hydrogens is 863 g/mol. The monoisotopic (exact) mass is 885 g/mol. The number of aromatic hydroxyl groups is 1. The van der Waals surface area contributed by atoms with Gasteiger partial charge >= 0.3 is 16.4 Å². The molecule has 0 atom stereocenters. The third kappa shape index (κ3) is 12.5. The molecule has 4 aromatic carbocycles. The summed E-state index contributed by atoms with van der Waals surface area (Å²) in [5, 5.41) is 50.6. The molecule has 55 heavy (non-hydrogen) atoms. The highest BCUT2D eigenvalue weighted by atomic mass is 32.3. The lowest BCUT2D eigenvalue weighted by Crippen LogP contribution is -2.15. The topological polar surface area (TPSA) is 351 Å². The van der Waals surface area contributed by atoms with Crippen LogP contribution in [0, 0.1) is 0 Å². The predicted molar refractivity (Wildman–Crippen MR) is 190 cm³/mol. The molecule has 296 valence electrons. The molecule has 0 spiro atoms. The Bertz CT molecular complexity index is 2420. The smallest absolute Gasteiger partial charge is 0.397 e. The summed E-state index contributed by atoms with van der Waals surface area (Å²) in [4.78, 5) is 10.9. The number of hydrogen-bond donors (Lipinski definition) is 6. The average Bonchev–Trinajstić information content (AvgIpc) is 3.11. The van der Waals surface area contributed by atoms with Gasteiger partial charge in [-0.25, -0.2) is 23.1 Å². The van der Waals surface area contributed by atoms with Gasteiger partial charge in [-0.3, -0.25) is 13.9 Å². The van der Waals surface area contributed by atoms with E-state index in [-0.39, 0.29) is 49.1 Å². The Morgan fingerprint density at radius 2 is 1.38 bits per heavy atom. The van der Waals surface area contributed by atoms with E-state index in [0.29, 0.717) is 41.0 Å². The van der Waals surface area contributed by atoms with Crippen LogP contribution in [0.15, 0.2) is 101 Å². The Balaban J connectivity index is 1.68. The number of phenols is 1. The molecule has 0 aromatic heterocycles. The Morgan fingerprint density at radius 3 is 1.96 bits per heavy atom. The highest BCUT2D eigenvalue weighted by Gasteiger charge is 2.26. The van der Waals surface area contributed by atoms with Crippen LogP contribution in [0.3, 0.4) is 0 Å². The van der Waals surface area contributed by atoms with Gasteiger partial charge in [0.2, 0.25) is 0 Å². The zero-order valence-corrected chi connectivity index (χ0v) is 31.7. The number of carbonyl (C=O) groups is 1. The summed E-state index contributed by atoms with van der Waals surface area (Å²) >= 11 is 1.55. The predicted octanol–water partition coefficient (Wildman–Crippen LogP) is 5.85.